The summed E-state index contributed by atoms with van der Waals surface area (Å²) in [5.74, 6) is -0.0531. The number of hydrogen-bond acceptors (Lipinski definition) is 5. The molecule has 2 atom stereocenters. The summed E-state index contributed by atoms with van der Waals surface area (Å²) in [6.07, 6.45) is 3.47. The summed E-state index contributed by atoms with van der Waals surface area (Å²) in [5, 5.41) is 1.45. The average Bonchev–Trinajstić information content (AvgIpc) is 3.00. The minimum atomic E-state index is -0.578. The molecule has 8 heteroatoms. The molecule has 2 unspecified atom stereocenters. The molecular weight excluding hydrogens is 448 g/mol. The number of hydrogen-bond donors (Lipinski definition) is 0. The van der Waals surface area contributed by atoms with Gasteiger partial charge in [-0.25, -0.2) is 9.59 Å². The van der Waals surface area contributed by atoms with E-state index in [4.69, 9.17) is 4.74 Å². The van der Waals surface area contributed by atoms with Crippen molar-refractivity contribution in [3.63, 3.8) is 0 Å². The van der Waals surface area contributed by atoms with Crippen LogP contribution in [0.5, 0.6) is 0 Å². The number of ether oxygens (including phenoxy) is 3. The van der Waals surface area contributed by atoms with Gasteiger partial charge in [0.1, 0.15) is 0 Å². The van der Waals surface area contributed by atoms with Crippen LogP contribution in [0.25, 0.3) is 0 Å². The van der Waals surface area contributed by atoms with Gasteiger partial charge in [-0.3, -0.25) is 0 Å². The minimum absolute atomic E-state index is 0. The van der Waals surface area contributed by atoms with Crippen molar-refractivity contribution < 1.29 is 48.8 Å². The van der Waals surface area contributed by atoms with Gasteiger partial charge in [0.2, 0.25) is 0 Å². The van der Waals surface area contributed by atoms with E-state index in [0.29, 0.717) is 6.10 Å². The topological polar surface area (TPSA) is 64.8 Å². The smallest absolute Gasteiger partial charge is 0.371 e. The SMILES string of the molecule is CC1C[N+]2=C(O1)c1ccccc1PC2.COC(=O)/C=C/C(=O)OC.[CH3-].[Pd]. The van der Waals surface area contributed by atoms with Crippen LogP contribution < -0.4 is 5.30 Å². The molecule has 26 heavy (non-hydrogen) atoms. The maximum Gasteiger partial charge on any atom is 0.371 e. The average molecular weight is 472 g/mol. The number of carbonyl (C=O) groups excluding carboxylic acids is 2. The van der Waals surface area contributed by atoms with Crippen LogP contribution >= 0.6 is 8.58 Å². The van der Waals surface area contributed by atoms with Crippen LogP contribution in [0.15, 0.2) is 36.4 Å². The molecule has 0 saturated carbocycles. The molecule has 1 aromatic rings. The van der Waals surface area contributed by atoms with Crippen molar-refractivity contribution in [1.82, 2.24) is 0 Å². The number of fused-ring (bicyclic) bond motifs is 2. The fourth-order valence-corrected chi connectivity index (χ4v) is 3.57. The molecule has 3 rings (SSSR count). The maximum atomic E-state index is 10.3. The molecule has 2 aliphatic rings. The molecule has 0 spiro atoms. The number of esters is 2. The first kappa shape index (κ1) is 24.5. The molecule has 0 N–H and O–H groups in total. The van der Waals surface area contributed by atoms with Gasteiger partial charge in [0.25, 0.3) is 0 Å². The second-order valence-corrected chi connectivity index (χ2v) is 6.42. The molecule has 0 saturated heterocycles. The van der Waals surface area contributed by atoms with E-state index in [-0.39, 0.29) is 27.8 Å². The third-order valence-electron chi connectivity index (χ3n) is 3.45. The van der Waals surface area contributed by atoms with Gasteiger partial charge in [-0.15, -0.1) is 0 Å². The number of methoxy groups -OCH3 is 2. The van der Waals surface area contributed by atoms with Gasteiger partial charge in [-0.1, -0.05) is 18.2 Å². The molecular formula is C18H24NO5PPd. The van der Waals surface area contributed by atoms with E-state index in [2.05, 4.69) is 45.2 Å². The van der Waals surface area contributed by atoms with E-state index in [1.807, 2.05) is 0 Å². The Balaban J connectivity index is 0.000000474. The summed E-state index contributed by atoms with van der Waals surface area (Å²) < 4.78 is 16.6. The summed E-state index contributed by atoms with van der Waals surface area (Å²) in [5.41, 5.74) is 1.31. The molecule has 2 heterocycles. The number of carbonyl (C=O) groups is 2. The molecule has 1 aromatic carbocycles. The van der Waals surface area contributed by atoms with Crippen LogP contribution in [0.3, 0.4) is 0 Å². The molecule has 146 valence electrons. The minimum Gasteiger partial charge on any atom is -0.466 e. The third kappa shape index (κ3) is 6.64. The van der Waals surface area contributed by atoms with Crippen molar-refractivity contribution in [2.45, 2.75) is 13.0 Å². The second-order valence-electron chi connectivity index (χ2n) is 5.22. The van der Waals surface area contributed by atoms with Crippen LogP contribution in [0, 0.1) is 7.43 Å². The van der Waals surface area contributed by atoms with Crippen LogP contribution in [0.1, 0.15) is 12.5 Å². The van der Waals surface area contributed by atoms with Crippen LogP contribution in [-0.4, -0.2) is 55.6 Å². The fourth-order valence-electron chi connectivity index (χ4n) is 2.34. The van der Waals surface area contributed by atoms with E-state index >= 15 is 0 Å². The standard InChI is InChI=1S/C11H13NOP.C6H8O4.CH3.Pd/c1-8-6-12-7-14-10-5-3-2-4-9(10)11(12)13-8;1-9-5(7)3-4-6(8)10-2;;/h2-5,8,14H,6-7H2,1H3;3-4H,1-2H3;1H3;/q+1;;-1;/b;4-3+;;. The molecule has 0 aromatic heterocycles. The van der Waals surface area contributed by atoms with Gasteiger partial charge >= 0.3 is 17.8 Å². The molecule has 6 nitrogen and oxygen atoms in total. The Bertz CT molecular complexity index is 672. The van der Waals surface area contributed by atoms with E-state index < -0.39 is 11.9 Å². The quantitative estimate of drug-likeness (QED) is 0.163. The molecule has 2 aliphatic heterocycles. The number of nitrogens with zero attached hydrogens (tertiary/aromatic N) is 1. The van der Waals surface area contributed by atoms with Gasteiger partial charge in [-0.05, 0) is 26.9 Å². The number of benzene rings is 1. The van der Waals surface area contributed by atoms with E-state index in [9.17, 15) is 9.59 Å². The first-order valence-electron chi connectivity index (χ1n) is 7.51. The van der Waals surface area contributed by atoms with Gasteiger partial charge in [-0.2, -0.15) is 4.58 Å². The molecule has 0 aliphatic carbocycles. The Morgan fingerprint density at radius 2 is 1.77 bits per heavy atom. The van der Waals surface area contributed by atoms with E-state index in [0.717, 1.165) is 39.5 Å². The van der Waals surface area contributed by atoms with Crippen molar-refractivity contribution in [3.8, 4) is 0 Å². The second kappa shape index (κ2) is 12.0. The zero-order chi connectivity index (χ0) is 17.5. The first-order chi connectivity index (χ1) is 11.5. The Morgan fingerprint density at radius 1 is 1.19 bits per heavy atom. The van der Waals surface area contributed by atoms with Crippen molar-refractivity contribution in [2.75, 3.05) is 27.1 Å². The van der Waals surface area contributed by atoms with Crippen LogP contribution in [0.4, 0.5) is 0 Å². The van der Waals surface area contributed by atoms with Crippen molar-refractivity contribution in [2.24, 2.45) is 0 Å². The van der Waals surface area contributed by atoms with Gasteiger partial charge in [0.15, 0.2) is 18.9 Å². The number of rotatable bonds is 2. The monoisotopic (exact) mass is 471 g/mol. The molecule has 0 bridgehead atoms. The molecule has 0 radical (unpaired) electrons. The summed E-state index contributed by atoms with van der Waals surface area (Å²) >= 11 is 0. The van der Waals surface area contributed by atoms with Gasteiger partial charge in [0, 0.05) is 32.6 Å². The van der Waals surface area contributed by atoms with Gasteiger partial charge in [0.05, 0.1) is 19.8 Å². The summed E-state index contributed by atoms with van der Waals surface area (Å²) in [4.78, 5) is 20.6. The summed E-state index contributed by atoms with van der Waals surface area (Å²) in [7, 11) is 3.35. The van der Waals surface area contributed by atoms with Crippen molar-refractivity contribution in [1.29, 1.82) is 0 Å². The predicted molar refractivity (Wildman–Crippen MR) is 98.6 cm³/mol. The Labute approximate surface area is 170 Å². The normalized spacial score (nSPS) is 17.6. The summed E-state index contributed by atoms with van der Waals surface area (Å²) in [6.45, 7) is 3.19. The van der Waals surface area contributed by atoms with Crippen LogP contribution in [0.2, 0.25) is 0 Å². The van der Waals surface area contributed by atoms with E-state index in [1.165, 1.54) is 25.1 Å². The van der Waals surface area contributed by atoms with Crippen molar-refractivity contribution >= 4 is 31.7 Å². The van der Waals surface area contributed by atoms with E-state index in [1.54, 1.807) is 0 Å². The molecule has 0 fully saturated rings. The van der Waals surface area contributed by atoms with Crippen LogP contribution in [-0.2, 0) is 44.2 Å². The fraction of sp³-hybridized carbons (Fsp3) is 0.333. The molecule has 0 amide bonds. The van der Waals surface area contributed by atoms with Crippen molar-refractivity contribution in [3.05, 3.63) is 49.4 Å². The largest absolute Gasteiger partial charge is 0.466 e. The Hall–Kier alpha value is -1.54. The predicted octanol–water partition coefficient (Wildman–Crippen LogP) is 1.48. The zero-order valence-corrected chi connectivity index (χ0v) is 17.8. The third-order valence-corrected chi connectivity index (χ3v) is 4.81. The Kier molecular flexibility index (Phi) is 11.3. The summed E-state index contributed by atoms with van der Waals surface area (Å²) in [6, 6.07) is 8.58. The maximum absolute atomic E-state index is 10.3. The van der Waals surface area contributed by atoms with Gasteiger partial charge < -0.3 is 21.6 Å². The zero-order valence-electron chi connectivity index (χ0n) is 15.3. The Morgan fingerprint density at radius 3 is 2.35 bits per heavy atom. The first-order valence-corrected chi connectivity index (χ1v) is 8.71.